The van der Waals surface area contributed by atoms with Crippen LogP contribution < -0.4 is 5.32 Å². The smallest absolute Gasteiger partial charge is 0.338 e. The molecule has 5 nitrogen and oxygen atoms in total. The van der Waals surface area contributed by atoms with Crippen molar-refractivity contribution >= 4 is 11.9 Å². The normalized spacial score (nSPS) is 12.6. The number of ether oxygens (including phenoxy) is 1. The van der Waals surface area contributed by atoms with Crippen molar-refractivity contribution in [3.63, 3.8) is 0 Å². The van der Waals surface area contributed by atoms with Crippen LogP contribution in [0.2, 0.25) is 0 Å². The fraction of sp³-hybridized carbons (Fsp3) is 0.211. The van der Waals surface area contributed by atoms with E-state index in [0.717, 1.165) is 5.56 Å². The van der Waals surface area contributed by atoms with Crippen molar-refractivity contribution in [1.82, 2.24) is 5.32 Å². The van der Waals surface area contributed by atoms with E-state index in [4.69, 9.17) is 10.00 Å². The summed E-state index contributed by atoms with van der Waals surface area (Å²) in [4.78, 5) is 24.2. The average Bonchev–Trinajstić information content (AvgIpc) is 2.62. The Morgan fingerprint density at radius 3 is 2.24 bits per heavy atom. The van der Waals surface area contributed by atoms with Crippen molar-refractivity contribution in [2.75, 3.05) is 0 Å². The van der Waals surface area contributed by atoms with Gasteiger partial charge in [-0.1, -0.05) is 12.1 Å². The standard InChI is InChI=1S/C19H17FN2O3/c1-12(15-7-9-17(20)10-8-15)22-18(23)13(2)25-19(24)16-5-3-14(11-21)4-6-16/h3-10,12-13H,1-2H3,(H,22,23)/t12-,13+/m1/s1. The number of carbonyl (C=O) groups is 2. The van der Waals surface area contributed by atoms with Crippen molar-refractivity contribution in [1.29, 1.82) is 5.26 Å². The zero-order chi connectivity index (χ0) is 18.4. The lowest BCUT2D eigenvalue weighted by molar-refractivity contribution is -0.129. The van der Waals surface area contributed by atoms with Crippen molar-refractivity contribution in [3.05, 3.63) is 71.0 Å². The minimum absolute atomic E-state index is 0.255. The summed E-state index contributed by atoms with van der Waals surface area (Å²) in [6.07, 6.45) is -0.994. The predicted octanol–water partition coefficient (Wildman–Crippen LogP) is 3.12. The van der Waals surface area contributed by atoms with Gasteiger partial charge in [0.2, 0.25) is 0 Å². The number of nitrogens with one attached hydrogen (secondary N) is 1. The molecule has 0 saturated heterocycles. The summed E-state index contributed by atoms with van der Waals surface area (Å²) in [6.45, 7) is 3.22. The van der Waals surface area contributed by atoms with E-state index in [-0.39, 0.29) is 17.4 Å². The molecule has 0 aliphatic rings. The van der Waals surface area contributed by atoms with Gasteiger partial charge >= 0.3 is 5.97 Å². The molecule has 1 N–H and O–H groups in total. The second kappa shape index (κ2) is 8.06. The summed E-state index contributed by atoms with van der Waals surface area (Å²) in [7, 11) is 0. The van der Waals surface area contributed by atoms with E-state index in [9.17, 15) is 14.0 Å². The fourth-order valence-electron chi connectivity index (χ4n) is 2.13. The highest BCUT2D eigenvalue weighted by molar-refractivity contribution is 5.92. The predicted molar refractivity (Wildman–Crippen MR) is 89.0 cm³/mol. The molecule has 2 atom stereocenters. The van der Waals surface area contributed by atoms with Gasteiger partial charge in [0, 0.05) is 0 Å². The van der Waals surface area contributed by atoms with E-state index < -0.39 is 18.0 Å². The molecule has 0 saturated carbocycles. The second-order valence-electron chi connectivity index (χ2n) is 5.52. The Morgan fingerprint density at radius 2 is 1.68 bits per heavy atom. The molecule has 0 radical (unpaired) electrons. The molecule has 0 aliphatic carbocycles. The summed E-state index contributed by atoms with van der Waals surface area (Å²) in [5, 5.41) is 11.4. The number of benzene rings is 2. The van der Waals surface area contributed by atoms with Gasteiger partial charge in [0.15, 0.2) is 6.10 Å². The number of hydrogen-bond donors (Lipinski definition) is 1. The van der Waals surface area contributed by atoms with Crippen molar-refractivity contribution in [2.24, 2.45) is 0 Å². The largest absolute Gasteiger partial charge is 0.449 e. The van der Waals surface area contributed by atoms with Gasteiger partial charge in [-0.3, -0.25) is 4.79 Å². The number of amides is 1. The molecule has 128 valence electrons. The summed E-state index contributed by atoms with van der Waals surface area (Å²) in [6, 6.07) is 13.3. The van der Waals surface area contributed by atoms with Gasteiger partial charge < -0.3 is 10.1 Å². The van der Waals surface area contributed by atoms with E-state index in [1.54, 1.807) is 19.1 Å². The lowest BCUT2D eigenvalue weighted by atomic mass is 10.1. The average molecular weight is 340 g/mol. The molecule has 2 rings (SSSR count). The first-order chi connectivity index (χ1) is 11.9. The number of nitriles is 1. The first-order valence-electron chi connectivity index (χ1n) is 7.67. The highest BCUT2D eigenvalue weighted by Crippen LogP contribution is 2.13. The van der Waals surface area contributed by atoms with Crippen LogP contribution in [0.3, 0.4) is 0 Å². The first kappa shape index (κ1) is 18.1. The van der Waals surface area contributed by atoms with Crippen LogP contribution in [0.15, 0.2) is 48.5 Å². The van der Waals surface area contributed by atoms with E-state index in [2.05, 4.69) is 5.32 Å². The maximum atomic E-state index is 12.9. The zero-order valence-corrected chi connectivity index (χ0v) is 13.8. The van der Waals surface area contributed by atoms with Gasteiger partial charge in [-0.2, -0.15) is 5.26 Å². The van der Waals surface area contributed by atoms with E-state index in [1.165, 1.54) is 43.3 Å². The Kier molecular flexibility index (Phi) is 5.85. The van der Waals surface area contributed by atoms with E-state index >= 15 is 0 Å². The highest BCUT2D eigenvalue weighted by atomic mass is 19.1. The number of carbonyl (C=O) groups excluding carboxylic acids is 2. The number of hydrogen-bond acceptors (Lipinski definition) is 4. The van der Waals surface area contributed by atoms with Crippen LogP contribution in [0.5, 0.6) is 0 Å². The van der Waals surface area contributed by atoms with Crippen LogP contribution in [0.4, 0.5) is 4.39 Å². The van der Waals surface area contributed by atoms with Crippen LogP contribution in [0, 0.1) is 17.1 Å². The monoisotopic (exact) mass is 340 g/mol. The van der Waals surface area contributed by atoms with Crippen LogP contribution >= 0.6 is 0 Å². The molecular formula is C19H17FN2O3. The van der Waals surface area contributed by atoms with Gasteiger partial charge in [0.05, 0.1) is 23.2 Å². The van der Waals surface area contributed by atoms with Crippen molar-refractivity contribution in [3.8, 4) is 6.07 Å². The Balaban J connectivity index is 1.93. The zero-order valence-electron chi connectivity index (χ0n) is 13.8. The summed E-state index contributed by atoms with van der Waals surface area (Å²) >= 11 is 0. The van der Waals surface area contributed by atoms with Gasteiger partial charge in [0.1, 0.15) is 5.82 Å². The van der Waals surface area contributed by atoms with Gasteiger partial charge in [-0.05, 0) is 55.8 Å². The molecular weight excluding hydrogens is 323 g/mol. The van der Waals surface area contributed by atoms with Crippen LogP contribution in [-0.2, 0) is 9.53 Å². The number of nitrogens with zero attached hydrogens (tertiary/aromatic N) is 1. The Bertz CT molecular complexity index is 795. The fourth-order valence-corrected chi connectivity index (χ4v) is 2.13. The molecule has 0 heterocycles. The third-order valence-electron chi connectivity index (χ3n) is 3.63. The number of rotatable bonds is 5. The number of esters is 1. The molecule has 0 aliphatic heterocycles. The molecule has 2 aromatic carbocycles. The highest BCUT2D eigenvalue weighted by Gasteiger charge is 2.20. The van der Waals surface area contributed by atoms with Gasteiger partial charge in [-0.15, -0.1) is 0 Å². The molecule has 0 bridgehead atoms. The van der Waals surface area contributed by atoms with E-state index in [0.29, 0.717) is 5.56 Å². The second-order valence-corrected chi connectivity index (χ2v) is 5.52. The Morgan fingerprint density at radius 1 is 1.08 bits per heavy atom. The molecule has 0 unspecified atom stereocenters. The third kappa shape index (κ3) is 4.88. The lowest BCUT2D eigenvalue weighted by Crippen LogP contribution is -2.37. The van der Waals surface area contributed by atoms with Gasteiger partial charge in [0.25, 0.3) is 5.91 Å². The summed E-state index contributed by atoms with van der Waals surface area (Å²) in [5.41, 5.74) is 1.42. The SMILES string of the molecule is C[C@H](OC(=O)c1ccc(C#N)cc1)C(=O)N[C@H](C)c1ccc(F)cc1. The van der Waals surface area contributed by atoms with Gasteiger partial charge in [-0.25, -0.2) is 9.18 Å². The van der Waals surface area contributed by atoms with Crippen LogP contribution in [0.25, 0.3) is 0 Å². The van der Waals surface area contributed by atoms with E-state index in [1.807, 2.05) is 6.07 Å². The topological polar surface area (TPSA) is 79.2 Å². The van der Waals surface area contributed by atoms with Crippen LogP contribution in [0.1, 0.15) is 41.4 Å². The van der Waals surface area contributed by atoms with Crippen molar-refractivity contribution in [2.45, 2.75) is 26.0 Å². The molecule has 0 spiro atoms. The molecule has 1 amide bonds. The quantitative estimate of drug-likeness (QED) is 0.848. The lowest BCUT2D eigenvalue weighted by Gasteiger charge is -2.18. The Hall–Kier alpha value is -3.20. The van der Waals surface area contributed by atoms with Crippen molar-refractivity contribution < 1.29 is 18.7 Å². The minimum Gasteiger partial charge on any atom is -0.449 e. The number of halogens is 1. The first-order valence-corrected chi connectivity index (χ1v) is 7.67. The molecule has 2 aromatic rings. The molecule has 25 heavy (non-hydrogen) atoms. The van der Waals surface area contributed by atoms with Crippen LogP contribution in [-0.4, -0.2) is 18.0 Å². The summed E-state index contributed by atoms with van der Waals surface area (Å²) < 4.78 is 18.1. The third-order valence-corrected chi connectivity index (χ3v) is 3.63. The maximum absolute atomic E-state index is 12.9. The maximum Gasteiger partial charge on any atom is 0.338 e. The summed E-state index contributed by atoms with van der Waals surface area (Å²) in [5.74, 6) is -1.47. The minimum atomic E-state index is -0.994. The molecule has 0 aromatic heterocycles. The Labute approximate surface area is 145 Å². The molecule has 0 fully saturated rings. The molecule has 6 heteroatoms.